The summed E-state index contributed by atoms with van der Waals surface area (Å²) >= 11 is 0. The Labute approximate surface area is 216 Å². The molecule has 1 aromatic heterocycles. The highest BCUT2D eigenvalue weighted by Gasteiger charge is 2.26. The van der Waals surface area contributed by atoms with Crippen molar-refractivity contribution < 1.29 is 18.1 Å². The van der Waals surface area contributed by atoms with Gasteiger partial charge in [0.25, 0.3) is 21.6 Å². The lowest BCUT2D eigenvalue weighted by Gasteiger charge is -2.20. The number of carbonyl (C=O) groups excluding carboxylic acids is 1. The number of non-ortho nitro benzene ring substituents is 1. The Bertz CT molecular complexity index is 1380. The van der Waals surface area contributed by atoms with Crippen LogP contribution in [0.3, 0.4) is 0 Å². The van der Waals surface area contributed by atoms with Crippen molar-refractivity contribution in [3.8, 4) is 0 Å². The van der Waals surface area contributed by atoms with Crippen LogP contribution in [0.5, 0.6) is 0 Å². The number of amides is 1. The summed E-state index contributed by atoms with van der Waals surface area (Å²) in [4.78, 5) is 34.1. The maximum Gasteiger partial charge on any atom is 0.270 e. The van der Waals surface area contributed by atoms with Crippen LogP contribution in [-0.2, 0) is 22.9 Å². The minimum absolute atomic E-state index is 0.0844. The first kappa shape index (κ1) is 26.2. The monoisotopic (exact) mass is 523 g/mol. The molecular weight excluding hydrogens is 494 g/mol. The van der Waals surface area contributed by atoms with Gasteiger partial charge in [0, 0.05) is 31.9 Å². The van der Waals surface area contributed by atoms with Gasteiger partial charge in [0.05, 0.1) is 21.1 Å². The van der Waals surface area contributed by atoms with Crippen LogP contribution >= 0.6 is 0 Å². The second-order valence-electron chi connectivity index (χ2n) is 9.23. The fourth-order valence-electron chi connectivity index (χ4n) is 4.47. The molecule has 1 heterocycles. The second kappa shape index (κ2) is 11.5. The molecule has 4 rings (SSSR count). The van der Waals surface area contributed by atoms with Gasteiger partial charge in [-0.2, -0.15) is 0 Å². The van der Waals surface area contributed by atoms with Crippen LogP contribution in [0, 0.1) is 16.0 Å². The number of benzene rings is 2. The summed E-state index contributed by atoms with van der Waals surface area (Å²) in [5.74, 6) is -0.0442. The molecule has 1 amide bonds. The van der Waals surface area contributed by atoms with E-state index in [9.17, 15) is 23.3 Å². The third-order valence-corrected chi connectivity index (χ3v) is 7.87. The predicted octanol–water partition coefficient (Wildman–Crippen LogP) is 3.92. The van der Waals surface area contributed by atoms with Gasteiger partial charge in [0.15, 0.2) is 0 Å². The fourth-order valence-corrected chi connectivity index (χ4v) is 5.47. The summed E-state index contributed by atoms with van der Waals surface area (Å²) in [7, 11) is -2.46. The quantitative estimate of drug-likeness (QED) is 0.312. The molecule has 0 atom stereocenters. The van der Waals surface area contributed by atoms with E-state index in [0.717, 1.165) is 38.2 Å². The lowest BCUT2D eigenvalue weighted by molar-refractivity contribution is -0.385. The highest BCUT2D eigenvalue weighted by molar-refractivity contribution is 7.90. The SMILES string of the molecule is CN(CCc1ccccc1)c1ncc(C(=O)NS(=O)(=O)c2cccc([N+](=O)[O-])c2)c(CC2CCCC2)n1. The molecule has 37 heavy (non-hydrogen) atoms. The lowest BCUT2D eigenvalue weighted by Crippen LogP contribution is -2.32. The lowest BCUT2D eigenvalue weighted by atomic mass is 9.99. The van der Waals surface area contributed by atoms with Crippen molar-refractivity contribution in [3.63, 3.8) is 0 Å². The summed E-state index contributed by atoms with van der Waals surface area (Å²) in [5, 5.41) is 11.1. The molecule has 0 radical (unpaired) electrons. The molecule has 0 saturated heterocycles. The number of nitro groups is 1. The third-order valence-electron chi connectivity index (χ3n) is 6.54. The smallest absolute Gasteiger partial charge is 0.270 e. The highest BCUT2D eigenvalue weighted by atomic mass is 32.2. The molecule has 1 fully saturated rings. The maximum absolute atomic E-state index is 13.1. The molecule has 0 aliphatic heterocycles. The number of carbonyl (C=O) groups is 1. The van der Waals surface area contributed by atoms with Gasteiger partial charge >= 0.3 is 0 Å². The van der Waals surface area contributed by atoms with Gasteiger partial charge in [-0.1, -0.05) is 62.1 Å². The Morgan fingerprint density at radius 3 is 2.57 bits per heavy atom. The minimum Gasteiger partial charge on any atom is -0.344 e. The van der Waals surface area contributed by atoms with Gasteiger partial charge < -0.3 is 4.90 Å². The number of aromatic nitrogens is 2. The Balaban J connectivity index is 1.56. The van der Waals surface area contributed by atoms with E-state index >= 15 is 0 Å². The van der Waals surface area contributed by atoms with E-state index in [2.05, 4.69) is 22.1 Å². The number of nitrogens with zero attached hydrogens (tertiary/aromatic N) is 4. The number of likely N-dealkylation sites (N-methyl/N-ethyl adjacent to an activating group) is 1. The van der Waals surface area contributed by atoms with Crippen molar-refractivity contribution in [2.75, 3.05) is 18.5 Å². The first-order chi connectivity index (χ1) is 17.7. The molecule has 1 aliphatic rings. The minimum atomic E-state index is -4.34. The van der Waals surface area contributed by atoms with Crippen LogP contribution in [0.1, 0.15) is 47.3 Å². The van der Waals surface area contributed by atoms with Crippen molar-refractivity contribution in [1.82, 2.24) is 14.7 Å². The summed E-state index contributed by atoms with van der Waals surface area (Å²) in [6, 6.07) is 14.6. The topological polar surface area (TPSA) is 135 Å². The van der Waals surface area contributed by atoms with E-state index in [1.54, 1.807) is 0 Å². The van der Waals surface area contributed by atoms with Gasteiger partial charge in [-0.15, -0.1) is 0 Å². The molecule has 0 unspecified atom stereocenters. The van der Waals surface area contributed by atoms with Gasteiger partial charge in [-0.05, 0) is 30.4 Å². The van der Waals surface area contributed by atoms with Crippen LogP contribution in [0.15, 0.2) is 65.7 Å². The number of anilines is 1. The van der Waals surface area contributed by atoms with Crippen LogP contribution < -0.4 is 9.62 Å². The summed E-state index contributed by atoms with van der Waals surface area (Å²) in [6.07, 6.45) is 6.98. The van der Waals surface area contributed by atoms with E-state index in [1.807, 2.05) is 34.9 Å². The molecule has 194 valence electrons. The Morgan fingerprint density at radius 1 is 1.14 bits per heavy atom. The predicted molar refractivity (Wildman–Crippen MR) is 139 cm³/mol. The second-order valence-corrected chi connectivity index (χ2v) is 10.9. The fraction of sp³-hybridized carbons (Fsp3) is 0.346. The van der Waals surface area contributed by atoms with Crippen molar-refractivity contribution >= 4 is 27.6 Å². The Hall–Kier alpha value is -3.86. The normalized spacial score (nSPS) is 13.9. The molecule has 3 aromatic rings. The number of nitrogens with one attached hydrogen (secondary N) is 1. The molecule has 0 bridgehead atoms. The van der Waals surface area contributed by atoms with E-state index in [0.29, 0.717) is 30.5 Å². The largest absolute Gasteiger partial charge is 0.344 e. The van der Waals surface area contributed by atoms with Crippen LogP contribution in [0.25, 0.3) is 0 Å². The van der Waals surface area contributed by atoms with Crippen LogP contribution in [0.4, 0.5) is 11.6 Å². The van der Waals surface area contributed by atoms with Crippen LogP contribution in [-0.4, -0.2) is 42.8 Å². The van der Waals surface area contributed by atoms with Crippen molar-refractivity contribution in [2.45, 2.75) is 43.4 Å². The van der Waals surface area contributed by atoms with E-state index in [-0.39, 0.29) is 16.1 Å². The Kier molecular flexibility index (Phi) is 8.12. The van der Waals surface area contributed by atoms with Crippen molar-refractivity contribution in [1.29, 1.82) is 0 Å². The average Bonchev–Trinajstić information content (AvgIpc) is 3.40. The summed E-state index contributed by atoms with van der Waals surface area (Å²) in [6.45, 7) is 0.666. The zero-order chi connectivity index (χ0) is 26.4. The van der Waals surface area contributed by atoms with Gasteiger partial charge in [0.2, 0.25) is 5.95 Å². The number of hydrogen-bond acceptors (Lipinski definition) is 8. The summed E-state index contributed by atoms with van der Waals surface area (Å²) < 4.78 is 27.7. The van der Waals surface area contributed by atoms with E-state index < -0.39 is 20.9 Å². The number of hydrogen-bond donors (Lipinski definition) is 1. The first-order valence-corrected chi connectivity index (χ1v) is 13.6. The maximum atomic E-state index is 13.1. The molecule has 1 saturated carbocycles. The number of nitro benzene ring substituents is 1. The third kappa shape index (κ3) is 6.67. The van der Waals surface area contributed by atoms with E-state index in [1.165, 1.54) is 30.0 Å². The molecule has 1 N–H and O–H groups in total. The highest BCUT2D eigenvalue weighted by Crippen LogP contribution is 2.29. The molecule has 0 spiro atoms. The molecular formula is C26H29N5O5S. The average molecular weight is 524 g/mol. The molecule has 1 aliphatic carbocycles. The molecule has 10 nitrogen and oxygen atoms in total. The standard InChI is InChI=1S/C26H29N5O5S/c1-30(15-14-19-8-3-2-4-9-19)26-27-18-23(24(28-26)16-20-10-5-6-11-20)25(32)29-37(35,36)22-13-7-12-21(17-22)31(33)34/h2-4,7-9,12-13,17-18,20H,5-6,10-11,14-16H2,1H3,(H,29,32). The molecule has 2 aromatic carbocycles. The first-order valence-electron chi connectivity index (χ1n) is 12.2. The van der Waals surface area contributed by atoms with Gasteiger partial charge in [-0.25, -0.2) is 23.1 Å². The Morgan fingerprint density at radius 2 is 1.86 bits per heavy atom. The summed E-state index contributed by atoms with van der Waals surface area (Å²) in [5.41, 5.74) is 1.38. The zero-order valence-electron chi connectivity index (χ0n) is 20.5. The zero-order valence-corrected chi connectivity index (χ0v) is 21.4. The van der Waals surface area contributed by atoms with E-state index in [4.69, 9.17) is 0 Å². The van der Waals surface area contributed by atoms with Gasteiger partial charge in [0.1, 0.15) is 0 Å². The number of rotatable bonds is 10. The molecule has 11 heteroatoms. The number of sulfonamides is 1. The van der Waals surface area contributed by atoms with Gasteiger partial charge in [-0.3, -0.25) is 14.9 Å². The van der Waals surface area contributed by atoms with Crippen molar-refractivity contribution in [2.24, 2.45) is 5.92 Å². The van der Waals surface area contributed by atoms with Crippen molar-refractivity contribution in [3.05, 3.63) is 87.7 Å². The van der Waals surface area contributed by atoms with Crippen LogP contribution in [0.2, 0.25) is 0 Å².